The SMILES string of the molecule is N=C(N)c1ccc(CNC(=O)[C@@H]2CCCN2C[C@H](N)Cc2ccccc2)cc1. The number of amidine groups is 1. The van der Waals surface area contributed by atoms with E-state index >= 15 is 0 Å². The number of rotatable bonds is 8. The minimum Gasteiger partial charge on any atom is -0.384 e. The monoisotopic (exact) mass is 379 g/mol. The summed E-state index contributed by atoms with van der Waals surface area (Å²) in [5.41, 5.74) is 14.7. The van der Waals surface area contributed by atoms with Crippen molar-refractivity contribution in [3.05, 3.63) is 71.3 Å². The molecule has 0 aliphatic carbocycles. The van der Waals surface area contributed by atoms with Crippen molar-refractivity contribution in [2.75, 3.05) is 13.1 Å². The zero-order valence-corrected chi connectivity index (χ0v) is 16.1. The van der Waals surface area contributed by atoms with Gasteiger partial charge in [-0.3, -0.25) is 15.1 Å². The molecule has 0 saturated carbocycles. The highest BCUT2D eigenvalue weighted by Crippen LogP contribution is 2.18. The molecule has 1 saturated heterocycles. The van der Waals surface area contributed by atoms with E-state index in [1.54, 1.807) is 12.1 Å². The van der Waals surface area contributed by atoms with Crippen LogP contribution in [-0.4, -0.2) is 41.8 Å². The summed E-state index contributed by atoms with van der Waals surface area (Å²) >= 11 is 0. The topological polar surface area (TPSA) is 108 Å². The summed E-state index contributed by atoms with van der Waals surface area (Å²) in [4.78, 5) is 14.9. The van der Waals surface area contributed by atoms with E-state index in [9.17, 15) is 4.79 Å². The lowest BCUT2D eigenvalue weighted by molar-refractivity contribution is -0.125. The third-order valence-electron chi connectivity index (χ3n) is 5.21. The van der Waals surface area contributed by atoms with E-state index in [1.807, 2.05) is 30.3 Å². The first kappa shape index (κ1) is 20.0. The lowest BCUT2D eigenvalue weighted by Crippen LogP contribution is -2.47. The molecule has 0 aromatic heterocycles. The van der Waals surface area contributed by atoms with Crippen LogP contribution in [0.4, 0.5) is 0 Å². The molecule has 0 bridgehead atoms. The van der Waals surface area contributed by atoms with Crippen LogP contribution in [0.5, 0.6) is 0 Å². The van der Waals surface area contributed by atoms with E-state index in [1.165, 1.54) is 5.56 Å². The molecule has 0 unspecified atom stereocenters. The Bertz CT molecular complexity index is 790. The maximum atomic E-state index is 12.7. The highest BCUT2D eigenvalue weighted by Gasteiger charge is 2.31. The van der Waals surface area contributed by atoms with Gasteiger partial charge in [0.2, 0.25) is 5.91 Å². The van der Waals surface area contributed by atoms with Crippen molar-refractivity contribution in [2.45, 2.75) is 37.9 Å². The van der Waals surface area contributed by atoms with Crippen LogP contribution in [0.2, 0.25) is 0 Å². The number of carbonyl (C=O) groups excluding carboxylic acids is 1. The number of nitrogens with two attached hydrogens (primary N) is 2. The number of nitrogens with zero attached hydrogens (tertiary/aromatic N) is 1. The number of benzene rings is 2. The van der Waals surface area contributed by atoms with Crippen molar-refractivity contribution in [2.24, 2.45) is 11.5 Å². The molecule has 1 heterocycles. The molecule has 1 aliphatic rings. The first-order valence-electron chi connectivity index (χ1n) is 9.77. The molecule has 1 amide bonds. The molecule has 0 spiro atoms. The first-order chi connectivity index (χ1) is 13.5. The molecular weight excluding hydrogens is 350 g/mol. The molecule has 2 aromatic rings. The van der Waals surface area contributed by atoms with E-state index in [0.29, 0.717) is 12.1 Å². The Labute approximate surface area is 166 Å². The van der Waals surface area contributed by atoms with Gasteiger partial charge in [-0.15, -0.1) is 0 Å². The van der Waals surface area contributed by atoms with E-state index in [-0.39, 0.29) is 23.8 Å². The molecule has 2 aromatic carbocycles. The van der Waals surface area contributed by atoms with Crippen LogP contribution in [0.15, 0.2) is 54.6 Å². The molecular formula is C22H29N5O. The summed E-state index contributed by atoms with van der Waals surface area (Å²) in [6, 6.07) is 17.5. The number of nitrogens with one attached hydrogen (secondary N) is 2. The van der Waals surface area contributed by atoms with Crippen LogP contribution < -0.4 is 16.8 Å². The zero-order chi connectivity index (χ0) is 19.9. The van der Waals surface area contributed by atoms with Crippen LogP contribution in [-0.2, 0) is 17.8 Å². The van der Waals surface area contributed by atoms with Crippen molar-refractivity contribution in [1.82, 2.24) is 10.2 Å². The maximum Gasteiger partial charge on any atom is 0.237 e. The Kier molecular flexibility index (Phi) is 6.79. The van der Waals surface area contributed by atoms with Gasteiger partial charge in [0.1, 0.15) is 5.84 Å². The van der Waals surface area contributed by atoms with Crippen molar-refractivity contribution in [3.8, 4) is 0 Å². The molecule has 0 radical (unpaired) electrons. The van der Waals surface area contributed by atoms with Gasteiger partial charge >= 0.3 is 0 Å². The van der Waals surface area contributed by atoms with Gasteiger partial charge in [0.15, 0.2) is 0 Å². The lowest BCUT2D eigenvalue weighted by atomic mass is 10.1. The number of hydrogen-bond donors (Lipinski definition) is 4. The van der Waals surface area contributed by atoms with Crippen LogP contribution in [0, 0.1) is 5.41 Å². The molecule has 28 heavy (non-hydrogen) atoms. The van der Waals surface area contributed by atoms with Gasteiger partial charge in [0.25, 0.3) is 0 Å². The number of amides is 1. The van der Waals surface area contributed by atoms with Crippen LogP contribution in [0.25, 0.3) is 0 Å². The number of likely N-dealkylation sites (tertiary alicyclic amines) is 1. The fourth-order valence-electron chi connectivity index (χ4n) is 3.73. The fourth-order valence-corrected chi connectivity index (χ4v) is 3.73. The summed E-state index contributed by atoms with van der Waals surface area (Å²) in [5.74, 6) is 0.101. The smallest absolute Gasteiger partial charge is 0.237 e. The number of nitrogen functional groups attached to an aromatic ring is 1. The molecule has 6 N–H and O–H groups in total. The minimum atomic E-state index is -0.113. The fraction of sp³-hybridized carbons (Fsp3) is 0.364. The predicted molar refractivity (Wildman–Crippen MR) is 112 cm³/mol. The van der Waals surface area contributed by atoms with Gasteiger partial charge in [-0.05, 0) is 36.9 Å². The largest absolute Gasteiger partial charge is 0.384 e. The Morgan fingerprint density at radius 3 is 2.54 bits per heavy atom. The van der Waals surface area contributed by atoms with E-state index in [2.05, 4.69) is 22.3 Å². The summed E-state index contributed by atoms with van der Waals surface area (Å²) in [6.07, 6.45) is 2.70. The standard InChI is InChI=1S/C22H29N5O/c23-19(13-16-5-2-1-3-6-16)15-27-12-4-7-20(27)22(28)26-14-17-8-10-18(11-9-17)21(24)25/h1-3,5-6,8-11,19-20H,4,7,12-15,23H2,(H3,24,25)(H,26,28)/t19-,20+/m1/s1. The Morgan fingerprint density at radius 2 is 1.86 bits per heavy atom. The van der Waals surface area contributed by atoms with Crippen LogP contribution >= 0.6 is 0 Å². The highest BCUT2D eigenvalue weighted by molar-refractivity contribution is 5.94. The summed E-state index contributed by atoms with van der Waals surface area (Å²) < 4.78 is 0. The number of hydrogen-bond acceptors (Lipinski definition) is 4. The van der Waals surface area contributed by atoms with Crippen LogP contribution in [0.3, 0.4) is 0 Å². The third kappa shape index (κ3) is 5.41. The van der Waals surface area contributed by atoms with Gasteiger partial charge in [0, 0.05) is 24.7 Å². The van der Waals surface area contributed by atoms with Gasteiger partial charge in [-0.1, -0.05) is 54.6 Å². The average Bonchev–Trinajstić information content (AvgIpc) is 3.15. The Hall–Kier alpha value is -2.70. The second-order valence-corrected chi connectivity index (χ2v) is 7.43. The minimum absolute atomic E-state index is 0.00919. The van der Waals surface area contributed by atoms with Crippen LogP contribution in [0.1, 0.15) is 29.5 Å². The molecule has 1 fully saturated rings. The van der Waals surface area contributed by atoms with Crippen molar-refractivity contribution in [3.63, 3.8) is 0 Å². The second-order valence-electron chi connectivity index (χ2n) is 7.43. The zero-order valence-electron chi connectivity index (χ0n) is 16.1. The molecule has 2 atom stereocenters. The molecule has 6 nitrogen and oxygen atoms in total. The molecule has 1 aliphatic heterocycles. The van der Waals surface area contributed by atoms with Gasteiger partial charge in [-0.2, -0.15) is 0 Å². The van der Waals surface area contributed by atoms with Gasteiger partial charge in [-0.25, -0.2) is 0 Å². The quantitative estimate of drug-likeness (QED) is 0.413. The second kappa shape index (κ2) is 9.48. The third-order valence-corrected chi connectivity index (χ3v) is 5.21. The lowest BCUT2D eigenvalue weighted by Gasteiger charge is -2.26. The number of carbonyl (C=O) groups is 1. The van der Waals surface area contributed by atoms with Gasteiger partial charge < -0.3 is 16.8 Å². The Morgan fingerprint density at radius 1 is 1.14 bits per heavy atom. The normalized spacial score (nSPS) is 18.0. The predicted octanol–water partition coefficient (Wildman–Crippen LogP) is 1.62. The van der Waals surface area contributed by atoms with Crippen molar-refractivity contribution < 1.29 is 4.79 Å². The van der Waals surface area contributed by atoms with E-state index in [4.69, 9.17) is 16.9 Å². The summed E-state index contributed by atoms with van der Waals surface area (Å²) in [6.45, 7) is 2.10. The molecule has 6 heteroatoms. The van der Waals surface area contributed by atoms with E-state index < -0.39 is 0 Å². The first-order valence-corrected chi connectivity index (χ1v) is 9.77. The highest BCUT2D eigenvalue weighted by atomic mass is 16.2. The van der Waals surface area contributed by atoms with Crippen molar-refractivity contribution in [1.29, 1.82) is 5.41 Å². The maximum absolute atomic E-state index is 12.7. The van der Waals surface area contributed by atoms with E-state index in [0.717, 1.165) is 37.9 Å². The molecule has 148 valence electrons. The molecule has 3 rings (SSSR count). The van der Waals surface area contributed by atoms with Gasteiger partial charge in [0.05, 0.1) is 6.04 Å². The summed E-state index contributed by atoms with van der Waals surface area (Å²) in [5, 5.41) is 10.5. The van der Waals surface area contributed by atoms with Crippen molar-refractivity contribution >= 4 is 11.7 Å². The Balaban J connectivity index is 1.50. The average molecular weight is 380 g/mol. The summed E-state index contributed by atoms with van der Waals surface area (Å²) in [7, 11) is 0.